The summed E-state index contributed by atoms with van der Waals surface area (Å²) in [5.41, 5.74) is 3.56. The van der Waals surface area contributed by atoms with Crippen molar-refractivity contribution in [2.75, 3.05) is 6.61 Å². The van der Waals surface area contributed by atoms with E-state index in [0.717, 1.165) is 24.8 Å². The van der Waals surface area contributed by atoms with Gasteiger partial charge in [0, 0.05) is 0 Å². The fraction of sp³-hybridized carbons (Fsp3) is 0.462. The fourth-order valence-electron chi connectivity index (χ4n) is 4.26. The molecule has 1 fully saturated rings. The number of benzene rings is 2. The summed E-state index contributed by atoms with van der Waals surface area (Å²) < 4.78 is 25.2. The van der Waals surface area contributed by atoms with Gasteiger partial charge in [0.05, 0.1) is 25.9 Å². The molecule has 4 heteroatoms. The molecule has 160 valence electrons. The van der Waals surface area contributed by atoms with Gasteiger partial charge in [0.25, 0.3) is 0 Å². The number of hydrogen-bond donors (Lipinski definition) is 0. The predicted molar refractivity (Wildman–Crippen MR) is 117 cm³/mol. The number of hydrogen-bond acceptors (Lipinski definition) is 4. The number of rotatable bonds is 9. The van der Waals surface area contributed by atoms with Gasteiger partial charge in [0.15, 0.2) is 5.79 Å². The SMILES string of the molecule is CCC1(CC)O[C@H]2[C@@H](OCc3ccccc3)C=C(COCc3ccccc3)C[C@H]2O1. The lowest BCUT2D eigenvalue weighted by molar-refractivity contribution is -0.186. The van der Waals surface area contributed by atoms with Gasteiger partial charge in [-0.2, -0.15) is 0 Å². The average Bonchev–Trinajstić information content (AvgIpc) is 3.18. The highest BCUT2D eigenvalue weighted by molar-refractivity contribution is 5.19. The third-order valence-corrected chi connectivity index (χ3v) is 6.03. The normalized spacial score (nSPS) is 25.0. The van der Waals surface area contributed by atoms with Gasteiger partial charge >= 0.3 is 0 Å². The Hall–Kier alpha value is -1.98. The first-order valence-corrected chi connectivity index (χ1v) is 11.0. The minimum absolute atomic E-state index is 0.00555. The molecule has 0 amide bonds. The van der Waals surface area contributed by atoms with E-state index in [1.165, 1.54) is 11.1 Å². The van der Waals surface area contributed by atoms with Crippen LogP contribution < -0.4 is 0 Å². The lowest BCUT2D eigenvalue weighted by Crippen LogP contribution is -2.40. The van der Waals surface area contributed by atoms with Crippen LogP contribution in [0.5, 0.6) is 0 Å². The maximum Gasteiger partial charge on any atom is 0.168 e. The summed E-state index contributed by atoms with van der Waals surface area (Å²) in [5.74, 6) is -0.502. The van der Waals surface area contributed by atoms with Gasteiger partial charge in [-0.3, -0.25) is 0 Å². The van der Waals surface area contributed by atoms with E-state index in [1.807, 2.05) is 36.4 Å². The Balaban J connectivity index is 1.43. The molecule has 1 aliphatic carbocycles. The first-order chi connectivity index (χ1) is 14.7. The summed E-state index contributed by atoms with van der Waals surface area (Å²) in [6.45, 7) is 5.99. The molecule has 0 saturated carbocycles. The van der Waals surface area contributed by atoms with Crippen LogP contribution in [-0.2, 0) is 32.2 Å². The van der Waals surface area contributed by atoms with Crippen molar-refractivity contribution < 1.29 is 18.9 Å². The molecule has 2 aliphatic rings. The Bertz CT molecular complexity index is 813. The summed E-state index contributed by atoms with van der Waals surface area (Å²) in [5, 5.41) is 0. The quantitative estimate of drug-likeness (QED) is 0.519. The van der Waals surface area contributed by atoms with Crippen LogP contribution in [0.15, 0.2) is 72.3 Å². The Morgan fingerprint density at radius 2 is 1.47 bits per heavy atom. The summed E-state index contributed by atoms with van der Waals surface area (Å²) >= 11 is 0. The van der Waals surface area contributed by atoms with E-state index in [0.29, 0.717) is 19.8 Å². The van der Waals surface area contributed by atoms with E-state index >= 15 is 0 Å². The lowest BCUT2D eigenvalue weighted by atomic mass is 9.92. The van der Waals surface area contributed by atoms with Crippen LogP contribution in [-0.4, -0.2) is 30.7 Å². The Labute approximate surface area is 179 Å². The molecule has 2 aromatic rings. The fourth-order valence-corrected chi connectivity index (χ4v) is 4.26. The molecule has 0 spiro atoms. The van der Waals surface area contributed by atoms with E-state index in [4.69, 9.17) is 18.9 Å². The molecule has 0 N–H and O–H groups in total. The van der Waals surface area contributed by atoms with Crippen LogP contribution >= 0.6 is 0 Å². The minimum atomic E-state index is -0.502. The molecular weight excluding hydrogens is 376 g/mol. The maximum atomic E-state index is 6.44. The van der Waals surface area contributed by atoms with Gasteiger partial charge < -0.3 is 18.9 Å². The molecule has 2 aromatic carbocycles. The van der Waals surface area contributed by atoms with Crippen molar-refractivity contribution in [3.05, 3.63) is 83.4 Å². The summed E-state index contributed by atoms with van der Waals surface area (Å²) in [7, 11) is 0. The van der Waals surface area contributed by atoms with Crippen molar-refractivity contribution in [2.45, 2.75) is 70.4 Å². The zero-order valence-corrected chi connectivity index (χ0v) is 18.0. The van der Waals surface area contributed by atoms with Gasteiger partial charge in [-0.1, -0.05) is 80.6 Å². The smallest absolute Gasteiger partial charge is 0.168 e. The van der Waals surface area contributed by atoms with Crippen LogP contribution in [0.3, 0.4) is 0 Å². The standard InChI is InChI=1S/C26H32O4/c1-3-26(4-2)29-24-16-22(18-27-17-20-11-7-5-8-12-20)15-23(25(24)30-26)28-19-21-13-9-6-10-14-21/h5-15,23-25H,3-4,16-19H2,1-2H3/t23-,24+,25-/m0/s1. The van der Waals surface area contributed by atoms with Crippen molar-refractivity contribution in [3.8, 4) is 0 Å². The topological polar surface area (TPSA) is 36.9 Å². The van der Waals surface area contributed by atoms with E-state index in [9.17, 15) is 0 Å². The van der Waals surface area contributed by atoms with Crippen molar-refractivity contribution in [1.29, 1.82) is 0 Å². The van der Waals surface area contributed by atoms with E-state index in [2.05, 4.69) is 44.2 Å². The van der Waals surface area contributed by atoms with Gasteiger partial charge in [-0.05, 0) is 36.0 Å². The molecule has 4 rings (SSSR count). The zero-order valence-electron chi connectivity index (χ0n) is 18.0. The molecule has 0 unspecified atom stereocenters. The Kier molecular flexibility index (Phi) is 7.00. The Morgan fingerprint density at radius 1 is 0.833 bits per heavy atom. The molecule has 30 heavy (non-hydrogen) atoms. The lowest BCUT2D eigenvalue weighted by Gasteiger charge is -2.30. The van der Waals surface area contributed by atoms with Crippen LogP contribution in [0.25, 0.3) is 0 Å². The summed E-state index contributed by atoms with van der Waals surface area (Å²) in [6, 6.07) is 20.5. The Morgan fingerprint density at radius 3 is 2.10 bits per heavy atom. The van der Waals surface area contributed by atoms with Crippen LogP contribution in [0.2, 0.25) is 0 Å². The monoisotopic (exact) mass is 408 g/mol. The summed E-state index contributed by atoms with van der Waals surface area (Å²) in [6.07, 6.45) is 4.48. The number of fused-ring (bicyclic) bond motifs is 1. The molecule has 1 aliphatic heterocycles. The predicted octanol–water partition coefficient (Wildman–Crippen LogP) is 5.42. The van der Waals surface area contributed by atoms with Crippen LogP contribution in [0.1, 0.15) is 44.2 Å². The van der Waals surface area contributed by atoms with E-state index in [-0.39, 0.29) is 18.3 Å². The zero-order chi connectivity index (χ0) is 20.8. The van der Waals surface area contributed by atoms with Gasteiger partial charge in [0.2, 0.25) is 0 Å². The highest BCUT2D eigenvalue weighted by Gasteiger charge is 2.50. The first-order valence-electron chi connectivity index (χ1n) is 11.0. The summed E-state index contributed by atoms with van der Waals surface area (Å²) in [4.78, 5) is 0. The van der Waals surface area contributed by atoms with E-state index in [1.54, 1.807) is 0 Å². The number of ether oxygens (including phenoxy) is 4. The second-order valence-corrected chi connectivity index (χ2v) is 8.13. The van der Waals surface area contributed by atoms with Crippen molar-refractivity contribution in [1.82, 2.24) is 0 Å². The second-order valence-electron chi connectivity index (χ2n) is 8.13. The third-order valence-electron chi connectivity index (χ3n) is 6.03. The van der Waals surface area contributed by atoms with Crippen LogP contribution in [0.4, 0.5) is 0 Å². The average molecular weight is 409 g/mol. The molecule has 0 radical (unpaired) electrons. The molecule has 1 saturated heterocycles. The van der Waals surface area contributed by atoms with Gasteiger partial charge in [-0.25, -0.2) is 0 Å². The van der Waals surface area contributed by atoms with Crippen molar-refractivity contribution in [2.24, 2.45) is 0 Å². The second kappa shape index (κ2) is 9.88. The van der Waals surface area contributed by atoms with Crippen LogP contribution in [0, 0.1) is 0 Å². The minimum Gasteiger partial charge on any atom is -0.372 e. The molecule has 1 heterocycles. The van der Waals surface area contributed by atoms with Crippen molar-refractivity contribution in [3.63, 3.8) is 0 Å². The molecule has 0 bridgehead atoms. The molecule has 0 aromatic heterocycles. The molecule has 4 nitrogen and oxygen atoms in total. The van der Waals surface area contributed by atoms with Gasteiger partial charge in [-0.15, -0.1) is 0 Å². The highest BCUT2D eigenvalue weighted by Crippen LogP contribution is 2.41. The third kappa shape index (κ3) is 5.01. The van der Waals surface area contributed by atoms with Gasteiger partial charge in [0.1, 0.15) is 12.2 Å². The molecular formula is C26H32O4. The van der Waals surface area contributed by atoms with E-state index < -0.39 is 5.79 Å². The van der Waals surface area contributed by atoms with Crippen molar-refractivity contribution >= 4 is 0 Å². The largest absolute Gasteiger partial charge is 0.372 e. The highest BCUT2D eigenvalue weighted by atomic mass is 16.8. The maximum absolute atomic E-state index is 6.44. The first kappa shape index (κ1) is 21.3. The molecule has 3 atom stereocenters.